The Morgan fingerprint density at radius 1 is 1.27 bits per heavy atom. The summed E-state index contributed by atoms with van der Waals surface area (Å²) < 4.78 is 23.2. The van der Waals surface area contributed by atoms with Gasteiger partial charge in [0.25, 0.3) is 11.6 Å². The van der Waals surface area contributed by atoms with Crippen LogP contribution in [0.4, 0.5) is 11.4 Å². The van der Waals surface area contributed by atoms with Crippen LogP contribution < -0.4 is 10.5 Å². The lowest BCUT2D eigenvalue weighted by Gasteiger charge is -2.08. The van der Waals surface area contributed by atoms with Gasteiger partial charge in [-0.3, -0.25) is 20.0 Å². The number of nitro benzene ring substituents is 1. The van der Waals surface area contributed by atoms with Crippen molar-refractivity contribution >= 4 is 38.2 Å². The number of carbonyl (C=O) groups excluding carboxylic acids is 1. The lowest BCUT2D eigenvalue weighted by molar-refractivity contribution is -0.384. The van der Waals surface area contributed by atoms with E-state index < -0.39 is 20.9 Å². The lowest BCUT2D eigenvalue weighted by atomic mass is 10.1. The van der Waals surface area contributed by atoms with Crippen LogP contribution in [0.5, 0.6) is 0 Å². The quantitative estimate of drug-likeness (QED) is 0.464. The highest BCUT2D eigenvalue weighted by atomic mass is 32.2. The molecule has 1 heterocycles. The van der Waals surface area contributed by atoms with E-state index in [1.165, 1.54) is 36.4 Å². The standard InChI is InChI=1S/C15H13N5O5S/c1-8-2-3-9(6-13(8)26(16,24)25)17-15(21)14-11-7-10(20(22)23)4-5-12(11)18-19-14/h2-7H,1H3,(H,17,21)(H,18,19)(H2,16,24,25). The Hall–Kier alpha value is -3.31. The molecular weight excluding hydrogens is 362 g/mol. The van der Waals surface area contributed by atoms with Crippen molar-refractivity contribution in [2.75, 3.05) is 5.32 Å². The van der Waals surface area contributed by atoms with Crippen molar-refractivity contribution in [1.29, 1.82) is 0 Å². The second-order valence-corrected chi connectivity index (χ2v) is 7.07. The average Bonchev–Trinajstić information content (AvgIpc) is 2.98. The molecular formula is C15H13N5O5S. The Labute approximate surface area is 147 Å². The molecule has 0 bridgehead atoms. The zero-order chi connectivity index (χ0) is 19.1. The first-order valence-electron chi connectivity index (χ1n) is 7.24. The van der Waals surface area contributed by atoms with Crippen LogP contribution in [-0.2, 0) is 10.0 Å². The van der Waals surface area contributed by atoms with E-state index in [2.05, 4.69) is 15.5 Å². The van der Waals surface area contributed by atoms with Crippen molar-refractivity contribution in [3.05, 3.63) is 57.8 Å². The maximum atomic E-state index is 12.5. The fourth-order valence-electron chi connectivity index (χ4n) is 2.46. The summed E-state index contributed by atoms with van der Waals surface area (Å²) in [4.78, 5) is 22.7. The molecule has 0 fully saturated rings. The number of nitrogens with zero attached hydrogens (tertiary/aromatic N) is 2. The molecule has 26 heavy (non-hydrogen) atoms. The maximum absolute atomic E-state index is 12.5. The van der Waals surface area contributed by atoms with E-state index >= 15 is 0 Å². The number of sulfonamides is 1. The third kappa shape index (κ3) is 3.25. The molecule has 4 N–H and O–H groups in total. The monoisotopic (exact) mass is 375 g/mol. The fourth-order valence-corrected chi connectivity index (χ4v) is 3.27. The Morgan fingerprint density at radius 3 is 2.65 bits per heavy atom. The number of fused-ring (bicyclic) bond motifs is 1. The molecule has 0 aliphatic carbocycles. The van der Waals surface area contributed by atoms with Gasteiger partial charge in [-0.25, -0.2) is 13.6 Å². The highest BCUT2D eigenvalue weighted by Gasteiger charge is 2.19. The first-order chi connectivity index (χ1) is 12.2. The number of H-pyrrole nitrogens is 1. The molecule has 3 rings (SSSR count). The number of benzene rings is 2. The third-order valence-corrected chi connectivity index (χ3v) is 4.78. The number of rotatable bonds is 4. The number of primary sulfonamides is 1. The molecule has 0 saturated carbocycles. The van der Waals surface area contributed by atoms with E-state index in [-0.39, 0.29) is 27.4 Å². The molecule has 10 nitrogen and oxygen atoms in total. The van der Waals surface area contributed by atoms with Crippen molar-refractivity contribution in [1.82, 2.24) is 10.2 Å². The van der Waals surface area contributed by atoms with Crippen LogP contribution >= 0.6 is 0 Å². The fraction of sp³-hybridized carbons (Fsp3) is 0.0667. The first-order valence-corrected chi connectivity index (χ1v) is 8.79. The SMILES string of the molecule is Cc1ccc(NC(=O)c2n[nH]c3ccc([N+](=O)[O-])cc23)cc1S(N)(=O)=O. The number of non-ortho nitro benzene ring substituents is 1. The molecule has 0 unspecified atom stereocenters. The zero-order valence-electron chi connectivity index (χ0n) is 13.4. The minimum absolute atomic E-state index is 0.0542. The number of hydrogen-bond donors (Lipinski definition) is 3. The van der Waals surface area contributed by atoms with Crippen LogP contribution in [0, 0.1) is 17.0 Å². The Kier molecular flexibility index (Phi) is 4.18. The molecule has 3 aromatic rings. The van der Waals surface area contributed by atoms with Crippen LogP contribution in [-0.4, -0.2) is 29.4 Å². The molecule has 0 aliphatic heterocycles. The highest BCUT2D eigenvalue weighted by molar-refractivity contribution is 7.89. The van der Waals surface area contributed by atoms with Gasteiger partial charge in [0.05, 0.1) is 15.3 Å². The van der Waals surface area contributed by atoms with Gasteiger partial charge in [0, 0.05) is 23.2 Å². The van der Waals surface area contributed by atoms with E-state index in [0.29, 0.717) is 11.1 Å². The number of aryl methyl sites for hydroxylation is 1. The summed E-state index contributed by atoms with van der Waals surface area (Å²) in [5.41, 5.74) is 0.855. The minimum Gasteiger partial charge on any atom is -0.321 e. The van der Waals surface area contributed by atoms with Gasteiger partial charge < -0.3 is 5.32 Å². The first kappa shape index (κ1) is 17.5. The number of aromatic nitrogens is 2. The summed E-state index contributed by atoms with van der Waals surface area (Å²) in [5.74, 6) is -0.652. The minimum atomic E-state index is -3.94. The van der Waals surface area contributed by atoms with Crippen LogP contribution in [0.1, 0.15) is 16.1 Å². The van der Waals surface area contributed by atoms with E-state index in [4.69, 9.17) is 5.14 Å². The Bertz CT molecular complexity index is 1150. The summed E-state index contributed by atoms with van der Waals surface area (Å²) in [6, 6.07) is 8.23. The third-order valence-electron chi connectivity index (χ3n) is 3.72. The van der Waals surface area contributed by atoms with Gasteiger partial charge in [-0.05, 0) is 30.7 Å². The smallest absolute Gasteiger partial charge is 0.276 e. The molecule has 0 spiro atoms. The molecule has 1 aromatic heterocycles. The van der Waals surface area contributed by atoms with Crippen LogP contribution in [0.2, 0.25) is 0 Å². The topological polar surface area (TPSA) is 161 Å². The molecule has 0 atom stereocenters. The van der Waals surface area contributed by atoms with Crippen LogP contribution in [0.25, 0.3) is 10.9 Å². The van der Waals surface area contributed by atoms with Gasteiger partial charge in [0.2, 0.25) is 10.0 Å². The number of anilines is 1. The number of nitro groups is 1. The zero-order valence-corrected chi connectivity index (χ0v) is 14.2. The predicted octanol–water partition coefficient (Wildman–Crippen LogP) is 1.68. The van der Waals surface area contributed by atoms with Crippen molar-refractivity contribution in [2.45, 2.75) is 11.8 Å². The van der Waals surface area contributed by atoms with Gasteiger partial charge >= 0.3 is 0 Å². The van der Waals surface area contributed by atoms with Crippen LogP contribution in [0.15, 0.2) is 41.3 Å². The molecule has 11 heteroatoms. The second kappa shape index (κ2) is 6.20. The number of nitrogens with two attached hydrogens (primary N) is 1. The maximum Gasteiger partial charge on any atom is 0.276 e. The van der Waals surface area contributed by atoms with E-state index in [1.807, 2.05) is 0 Å². The van der Waals surface area contributed by atoms with Crippen LogP contribution in [0.3, 0.4) is 0 Å². The van der Waals surface area contributed by atoms with Gasteiger partial charge in [-0.1, -0.05) is 6.07 Å². The molecule has 0 radical (unpaired) electrons. The van der Waals surface area contributed by atoms with Gasteiger partial charge in [-0.2, -0.15) is 5.10 Å². The number of aromatic amines is 1. The summed E-state index contributed by atoms with van der Waals surface area (Å²) in [6.45, 7) is 1.58. The average molecular weight is 375 g/mol. The molecule has 134 valence electrons. The Balaban J connectivity index is 1.97. The summed E-state index contributed by atoms with van der Waals surface area (Å²) in [5, 5.41) is 25.3. The van der Waals surface area contributed by atoms with Crippen molar-refractivity contribution in [2.24, 2.45) is 5.14 Å². The van der Waals surface area contributed by atoms with E-state index in [9.17, 15) is 23.3 Å². The second-order valence-electron chi connectivity index (χ2n) is 5.54. The molecule has 2 aromatic carbocycles. The molecule has 1 amide bonds. The summed E-state index contributed by atoms with van der Waals surface area (Å²) >= 11 is 0. The molecule has 0 aliphatic rings. The van der Waals surface area contributed by atoms with Gasteiger partial charge in [-0.15, -0.1) is 0 Å². The lowest BCUT2D eigenvalue weighted by Crippen LogP contribution is -2.16. The summed E-state index contributed by atoms with van der Waals surface area (Å²) in [6.07, 6.45) is 0. The normalized spacial score (nSPS) is 11.5. The Morgan fingerprint density at radius 2 is 2.00 bits per heavy atom. The van der Waals surface area contributed by atoms with Crippen molar-refractivity contribution in [3.8, 4) is 0 Å². The largest absolute Gasteiger partial charge is 0.321 e. The molecule has 0 saturated heterocycles. The summed E-state index contributed by atoms with van der Waals surface area (Å²) in [7, 11) is -3.94. The number of carbonyl (C=O) groups is 1. The van der Waals surface area contributed by atoms with E-state index in [1.54, 1.807) is 6.92 Å². The highest BCUT2D eigenvalue weighted by Crippen LogP contribution is 2.24. The number of hydrogen-bond acceptors (Lipinski definition) is 6. The predicted molar refractivity (Wildman–Crippen MR) is 93.3 cm³/mol. The number of nitrogens with one attached hydrogen (secondary N) is 2. The number of amides is 1. The van der Waals surface area contributed by atoms with Crippen molar-refractivity contribution in [3.63, 3.8) is 0 Å². The van der Waals surface area contributed by atoms with Gasteiger partial charge in [0.1, 0.15) is 0 Å². The van der Waals surface area contributed by atoms with Gasteiger partial charge in [0.15, 0.2) is 5.69 Å². The van der Waals surface area contributed by atoms with E-state index in [0.717, 1.165) is 0 Å². The van der Waals surface area contributed by atoms with Crippen molar-refractivity contribution < 1.29 is 18.1 Å².